The standard InChI is InChI=1S/C19H20N4OS/c24-19(9-8-18-21-15-5-1-2-6-16(15)25-18)23-13-11-22(12-14-23)17-7-3-4-10-20-17/h1-7,10H,8-9,11-14H2. The van der Waals surface area contributed by atoms with E-state index in [1.54, 1.807) is 11.3 Å². The van der Waals surface area contributed by atoms with E-state index in [-0.39, 0.29) is 5.91 Å². The van der Waals surface area contributed by atoms with Crippen molar-refractivity contribution in [2.24, 2.45) is 0 Å². The Morgan fingerprint density at radius 3 is 2.60 bits per heavy atom. The fraction of sp³-hybridized carbons (Fsp3) is 0.316. The summed E-state index contributed by atoms with van der Waals surface area (Å²) >= 11 is 1.69. The van der Waals surface area contributed by atoms with Gasteiger partial charge in [-0.05, 0) is 24.3 Å². The second kappa shape index (κ2) is 7.19. The van der Waals surface area contributed by atoms with Crippen LogP contribution in [0.15, 0.2) is 48.7 Å². The van der Waals surface area contributed by atoms with Gasteiger partial charge in [0.15, 0.2) is 0 Å². The fourth-order valence-electron chi connectivity index (χ4n) is 3.12. The molecule has 5 nitrogen and oxygen atoms in total. The minimum atomic E-state index is 0.222. The Kier molecular flexibility index (Phi) is 4.61. The maximum atomic E-state index is 12.5. The fourth-order valence-corrected chi connectivity index (χ4v) is 4.09. The molecule has 25 heavy (non-hydrogen) atoms. The summed E-state index contributed by atoms with van der Waals surface area (Å²) in [6.07, 6.45) is 3.06. The molecule has 0 saturated carbocycles. The lowest BCUT2D eigenvalue weighted by atomic mass is 10.2. The third-order valence-corrected chi connectivity index (χ3v) is 5.59. The van der Waals surface area contributed by atoms with Crippen LogP contribution in [0.1, 0.15) is 11.4 Å². The molecule has 2 aromatic heterocycles. The Balaban J connectivity index is 1.30. The lowest BCUT2D eigenvalue weighted by molar-refractivity contribution is -0.131. The Hall–Kier alpha value is -2.47. The SMILES string of the molecule is O=C(CCc1nc2ccccc2s1)N1CCN(c2ccccn2)CC1. The molecule has 3 heterocycles. The number of aromatic nitrogens is 2. The number of aryl methyl sites for hydroxylation is 1. The number of hydrogen-bond donors (Lipinski definition) is 0. The maximum absolute atomic E-state index is 12.5. The van der Waals surface area contributed by atoms with Crippen LogP contribution in [-0.4, -0.2) is 47.0 Å². The number of nitrogens with zero attached hydrogens (tertiary/aromatic N) is 4. The Bertz CT molecular complexity index is 823. The molecule has 3 aromatic rings. The van der Waals surface area contributed by atoms with E-state index in [2.05, 4.69) is 20.9 Å². The Morgan fingerprint density at radius 1 is 1.04 bits per heavy atom. The van der Waals surface area contributed by atoms with Gasteiger partial charge in [0.1, 0.15) is 5.82 Å². The maximum Gasteiger partial charge on any atom is 0.223 e. The predicted molar refractivity (Wildman–Crippen MR) is 101 cm³/mol. The molecule has 0 aliphatic carbocycles. The number of fused-ring (bicyclic) bond motifs is 1. The lowest BCUT2D eigenvalue weighted by Gasteiger charge is -2.35. The van der Waals surface area contributed by atoms with Crippen molar-refractivity contribution in [1.82, 2.24) is 14.9 Å². The van der Waals surface area contributed by atoms with Crippen LogP contribution in [0.2, 0.25) is 0 Å². The zero-order chi connectivity index (χ0) is 17.1. The molecule has 6 heteroatoms. The lowest BCUT2D eigenvalue weighted by Crippen LogP contribution is -2.49. The number of rotatable bonds is 4. The van der Waals surface area contributed by atoms with Gasteiger partial charge in [0, 0.05) is 45.2 Å². The molecule has 0 spiro atoms. The van der Waals surface area contributed by atoms with Gasteiger partial charge in [-0.15, -0.1) is 11.3 Å². The van der Waals surface area contributed by atoms with Gasteiger partial charge in [-0.1, -0.05) is 18.2 Å². The highest BCUT2D eigenvalue weighted by Crippen LogP contribution is 2.22. The largest absolute Gasteiger partial charge is 0.353 e. The van der Waals surface area contributed by atoms with E-state index in [4.69, 9.17) is 0 Å². The summed E-state index contributed by atoms with van der Waals surface area (Å²) in [5.41, 5.74) is 1.03. The first kappa shape index (κ1) is 16.0. The molecule has 0 N–H and O–H groups in total. The molecule has 1 aliphatic rings. The molecule has 128 valence electrons. The number of piperazine rings is 1. The summed E-state index contributed by atoms with van der Waals surface area (Å²) in [5, 5.41) is 1.04. The topological polar surface area (TPSA) is 49.3 Å². The highest BCUT2D eigenvalue weighted by Gasteiger charge is 2.21. The highest BCUT2D eigenvalue weighted by atomic mass is 32.1. The van der Waals surface area contributed by atoms with Crippen molar-refractivity contribution in [3.63, 3.8) is 0 Å². The van der Waals surface area contributed by atoms with Gasteiger partial charge in [-0.25, -0.2) is 9.97 Å². The molecule has 0 bridgehead atoms. The van der Waals surface area contributed by atoms with E-state index in [0.29, 0.717) is 6.42 Å². The van der Waals surface area contributed by atoms with Crippen LogP contribution in [0.25, 0.3) is 10.2 Å². The summed E-state index contributed by atoms with van der Waals surface area (Å²) in [7, 11) is 0. The van der Waals surface area contributed by atoms with Crippen LogP contribution in [0.3, 0.4) is 0 Å². The zero-order valence-electron chi connectivity index (χ0n) is 14.0. The van der Waals surface area contributed by atoms with E-state index >= 15 is 0 Å². The quantitative estimate of drug-likeness (QED) is 0.724. The normalized spacial score (nSPS) is 14.9. The van der Waals surface area contributed by atoms with E-state index in [1.165, 1.54) is 4.70 Å². The number of hydrogen-bond acceptors (Lipinski definition) is 5. The summed E-state index contributed by atoms with van der Waals surface area (Å²) < 4.78 is 1.19. The molecule has 1 aromatic carbocycles. The Labute approximate surface area is 150 Å². The number of benzene rings is 1. The van der Waals surface area contributed by atoms with Gasteiger partial charge in [-0.3, -0.25) is 4.79 Å². The molecule has 1 amide bonds. The highest BCUT2D eigenvalue weighted by molar-refractivity contribution is 7.18. The average Bonchev–Trinajstić information content (AvgIpc) is 3.10. The number of carbonyl (C=O) groups excluding carboxylic acids is 1. The molecule has 4 rings (SSSR count). The smallest absolute Gasteiger partial charge is 0.223 e. The minimum Gasteiger partial charge on any atom is -0.353 e. The van der Waals surface area contributed by atoms with E-state index in [9.17, 15) is 4.79 Å². The van der Waals surface area contributed by atoms with Gasteiger partial charge < -0.3 is 9.80 Å². The first-order valence-electron chi connectivity index (χ1n) is 8.58. The number of para-hydroxylation sites is 1. The predicted octanol–water partition coefficient (Wildman–Crippen LogP) is 2.97. The van der Waals surface area contributed by atoms with Crippen LogP contribution in [0.5, 0.6) is 0 Å². The average molecular weight is 352 g/mol. The monoisotopic (exact) mass is 352 g/mol. The Morgan fingerprint density at radius 2 is 1.84 bits per heavy atom. The van der Waals surface area contributed by atoms with Gasteiger partial charge in [0.25, 0.3) is 0 Å². The molecule has 1 fully saturated rings. The second-order valence-corrected chi connectivity index (χ2v) is 7.25. The molecular weight excluding hydrogens is 332 g/mol. The van der Waals surface area contributed by atoms with Crippen LogP contribution in [-0.2, 0) is 11.2 Å². The summed E-state index contributed by atoms with van der Waals surface area (Å²) in [6.45, 7) is 3.19. The van der Waals surface area contributed by atoms with Crippen molar-refractivity contribution in [3.8, 4) is 0 Å². The van der Waals surface area contributed by atoms with Crippen LogP contribution < -0.4 is 4.90 Å². The first-order chi connectivity index (χ1) is 12.3. The van der Waals surface area contributed by atoms with Crippen molar-refractivity contribution in [2.75, 3.05) is 31.1 Å². The summed E-state index contributed by atoms with van der Waals surface area (Å²) in [6, 6.07) is 14.1. The molecule has 0 unspecified atom stereocenters. The first-order valence-corrected chi connectivity index (χ1v) is 9.39. The van der Waals surface area contributed by atoms with Crippen molar-refractivity contribution in [1.29, 1.82) is 0 Å². The van der Waals surface area contributed by atoms with Gasteiger partial charge in [0.2, 0.25) is 5.91 Å². The molecule has 0 radical (unpaired) electrons. The second-order valence-electron chi connectivity index (χ2n) is 6.13. The van der Waals surface area contributed by atoms with Crippen molar-refractivity contribution in [3.05, 3.63) is 53.7 Å². The third kappa shape index (κ3) is 3.64. The number of amides is 1. The number of carbonyl (C=O) groups is 1. The number of anilines is 1. The van der Waals surface area contributed by atoms with Crippen molar-refractivity contribution >= 4 is 33.3 Å². The van der Waals surface area contributed by atoms with E-state index in [1.807, 2.05) is 47.5 Å². The van der Waals surface area contributed by atoms with Gasteiger partial charge >= 0.3 is 0 Å². The van der Waals surface area contributed by atoms with E-state index < -0.39 is 0 Å². The number of pyridine rings is 1. The molecule has 1 saturated heterocycles. The van der Waals surface area contributed by atoms with Crippen molar-refractivity contribution in [2.45, 2.75) is 12.8 Å². The van der Waals surface area contributed by atoms with Crippen LogP contribution in [0.4, 0.5) is 5.82 Å². The van der Waals surface area contributed by atoms with Gasteiger partial charge in [-0.2, -0.15) is 0 Å². The molecule has 0 atom stereocenters. The summed E-state index contributed by atoms with van der Waals surface area (Å²) in [5.74, 6) is 1.21. The van der Waals surface area contributed by atoms with Crippen molar-refractivity contribution < 1.29 is 4.79 Å². The third-order valence-electron chi connectivity index (χ3n) is 4.50. The summed E-state index contributed by atoms with van der Waals surface area (Å²) in [4.78, 5) is 25.7. The van der Waals surface area contributed by atoms with Gasteiger partial charge in [0.05, 0.1) is 15.2 Å². The minimum absolute atomic E-state index is 0.222. The molecular formula is C19H20N4OS. The molecule has 1 aliphatic heterocycles. The van der Waals surface area contributed by atoms with E-state index in [0.717, 1.165) is 48.9 Å². The number of thiazole rings is 1. The zero-order valence-corrected chi connectivity index (χ0v) is 14.8. The van der Waals surface area contributed by atoms with Crippen LogP contribution >= 0.6 is 11.3 Å². The van der Waals surface area contributed by atoms with Crippen LogP contribution in [0, 0.1) is 0 Å².